The lowest BCUT2D eigenvalue weighted by atomic mass is 9.95. The molecule has 18 heteroatoms. The average molecular weight is 750 g/mol. The van der Waals surface area contributed by atoms with Crippen molar-refractivity contribution in [1.82, 2.24) is 9.80 Å². The van der Waals surface area contributed by atoms with E-state index in [0.29, 0.717) is 57.5 Å². The zero-order valence-corrected chi connectivity index (χ0v) is 30.4. The second-order valence-corrected chi connectivity index (χ2v) is 12.3. The van der Waals surface area contributed by atoms with Gasteiger partial charge in [0.05, 0.1) is 16.1 Å². The second-order valence-electron chi connectivity index (χ2n) is 12.3. The van der Waals surface area contributed by atoms with Gasteiger partial charge in [0, 0.05) is 87.0 Å². The fraction of sp³-hybridized carbons (Fsp3) is 0.618. The summed E-state index contributed by atoms with van der Waals surface area (Å²) in [5, 5.41) is 12.3. The van der Waals surface area contributed by atoms with Crippen molar-refractivity contribution in [3.05, 3.63) is 61.5 Å². The Kier molecular flexibility index (Phi) is 16.9. The lowest BCUT2D eigenvalue weighted by Crippen LogP contribution is -2.39. The molecule has 0 unspecified atom stereocenters. The molecule has 0 aliphatic carbocycles. The molecule has 12 nitrogen and oxygen atoms in total. The minimum atomic E-state index is -5.02. The number of hydrogen-bond acceptors (Lipinski definition) is 10. The van der Waals surface area contributed by atoms with Gasteiger partial charge in [-0.15, -0.1) is 0 Å². The molecule has 0 aliphatic heterocycles. The number of carbonyl (C=O) groups excluding carboxylic acids is 1. The van der Waals surface area contributed by atoms with Crippen LogP contribution in [0.5, 0.6) is 0 Å². The van der Waals surface area contributed by atoms with Crippen LogP contribution in [0.3, 0.4) is 0 Å². The number of rotatable bonds is 22. The fourth-order valence-electron chi connectivity index (χ4n) is 6.14. The number of nitro benzene ring substituents is 1. The molecule has 0 aromatic heterocycles. The Morgan fingerprint density at radius 2 is 1.02 bits per heavy atom. The summed E-state index contributed by atoms with van der Waals surface area (Å²) in [6.45, 7) is 11.6. The summed E-state index contributed by atoms with van der Waals surface area (Å²) in [6, 6.07) is 2.51. The molecular formula is C34H51F6N8O4+. The van der Waals surface area contributed by atoms with E-state index in [1.807, 2.05) is 32.6 Å². The van der Waals surface area contributed by atoms with Gasteiger partial charge in [0.25, 0.3) is 11.4 Å². The number of anilines is 2. The highest BCUT2D eigenvalue weighted by Gasteiger charge is 2.38. The maximum absolute atomic E-state index is 14.2. The van der Waals surface area contributed by atoms with Gasteiger partial charge in [-0.05, 0) is 49.4 Å². The summed E-state index contributed by atoms with van der Waals surface area (Å²) < 4.78 is 85.0. The third-order valence-electron chi connectivity index (χ3n) is 8.89. The first kappa shape index (κ1) is 44.3. The summed E-state index contributed by atoms with van der Waals surface area (Å²) in [5.74, 6) is -0.831. The SMILES string of the molecule is CCN(CC)CCN(CCN)c1c(CC(=O)Cc2cc(C(F)(F)F)cc([N+](=O)[O-])c2N(CCN)CCN(CC)CC)cc(C(F)(F)F)cc1[N+](C)=O. The molecule has 0 radical (unpaired) electrons. The van der Waals surface area contributed by atoms with Crippen LogP contribution < -0.4 is 21.3 Å². The maximum atomic E-state index is 14.2. The summed E-state index contributed by atoms with van der Waals surface area (Å²) in [7, 11) is 1.02. The molecule has 2 aromatic carbocycles. The number of alkyl halides is 6. The number of nitro groups is 1. The third kappa shape index (κ3) is 12.1. The molecule has 0 amide bonds. The van der Waals surface area contributed by atoms with Gasteiger partial charge in [0.15, 0.2) is 7.05 Å². The Labute approximate surface area is 300 Å². The van der Waals surface area contributed by atoms with Gasteiger partial charge in [-0.3, -0.25) is 14.9 Å². The van der Waals surface area contributed by atoms with Crippen molar-refractivity contribution in [1.29, 1.82) is 0 Å². The molecule has 0 heterocycles. The number of carbonyl (C=O) groups is 1. The monoisotopic (exact) mass is 749 g/mol. The highest BCUT2D eigenvalue weighted by molar-refractivity contribution is 5.88. The quantitative estimate of drug-likeness (QED) is 0.0710. The van der Waals surface area contributed by atoms with E-state index in [4.69, 9.17) is 11.5 Å². The van der Waals surface area contributed by atoms with E-state index in [1.165, 1.54) is 4.90 Å². The molecule has 2 aromatic rings. The smallest absolute Gasteiger partial charge is 0.363 e. The largest absolute Gasteiger partial charge is 0.416 e. The first-order valence-electron chi connectivity index (χ1n) is 17.3. The van der Waals surface area contributed by atoms with Crippen molar-refractivity contribution < 1.29 is 40.8 Å². The van der Waals surface area contributed by atoms with Gasteiger partial charge < -0.3 is 31.1 Å². The topological polar surface area (TPSA) is 145 Å². The van der Waals surface area contributed by atoms with E-state index in [-0.39, 0.29) is 72.2 Å². The number of halogens is 6. The van der Waals surface area contributed by atoms with E-state index in [0.717, 1.165) is 13.1 Å². The Bertz CT molecular complexity index is 1400. The number of nitroso groups, excluding NO2 is 1. The molecule has 0 bridgehead atoms. The van der Waals surface area contributed by atoms with Crippen molar-refractivity contribution in [2.24, 2.45) is 11.5 Å². The number of hydrogen-bond donors (Lipinski definition) is 2. The molecule has 2 rings (SSSR count). The highest BCUT2D eigenvalue weighted by atomic mass is 19.4. The van der Waals surface area contributed by atoms with Crippen LogP contribution in [0.1, 0.15) is 49.9 Å². The lowest BCUT2D eigenvalue weighted by Gasteiger charge is -2.30. The molecular weight excluding hydrogens is 698 g/mol. The minimum Gasteiger partial charge on any atom is -0.363 e. The van der Waals surface area contributed by atoms with Crippen LogP contribution in [0, 0.1) is 15.0 Å². The molecule has 0 aliphatic rings. The molecule has 0 fully saturated rings. The fourth-order valence-corrected chi connectivity index (χ4v) is 6.14. The predicted molar refractivity (Wildman–Crippen MR) is 189 cm³/mol. The third-order valence-corrected chi connectivity index (χ3v) is 8.89. The molecule has 0 spiro atoms. The maximum Gasteiger partial charge on any atom is 0.416 e. The molecule has 4 N–H and O–H groups in total. The Morgan fingerprint density at radius 1 is 0.654 bits per heavy atom. The summed E-state index contributed by atoms with van der Waals surface area (Å²) in [6.07, 6.45) is -11.5. The van der Waals surface area contributed by atoms with Gasteiger partial charge in [-0.25, -0.2) is 0 Å². The second kappa shape index (κ2) is 19.8. The first-order valence-corrected chi connectivity index (χ1v) is 17.3. The summed E-state index contributed by atoms with van der Waals surface area (Å²) in [5.41, 5.74) is 7.19. The number of Topliss-reactive ketones (excluding diaryl/α,β-unsaturated/α-hetero) is 1. The minimum absolute atomic E-state index is 0.00617. The van der Waals surface area contributed by atoms with E-state index in [9.17, 15) is 46.2 Å². The van der Waals surface area contributed by atoms with Gasteiger partial charge in [0.1, 0.15) is 17.2 Å². The van der Waals surface area contributed by atoms with Crippen LogP contribution >= 0.6 is 0 Å². The van der Waals surface area contributed by atoms with Crippen molar-refractivity contribution in [2.75, 3.05) is 95.4 Å². The lowest BCUT2D eigenvalue weighted by molar-refractivity contribution is -0.427. The predicted octanol–water partition coefficient (Wildman–Crippen LogP) is 5.24. The van der Waals surface area contributed by atoms with Crippen molar-refractivity contribution in [2.45, 2.75) is 52.9 Å². The van der Waals surface area contributed by atoms with Gasteiger partial charge in [-0.2, -0.15) is 26.3 Å². The normalized spacial score (nSPS) is 12.1. The zero-order valence-electron chi connectivity index (χ0n) is 30.4. The molecule has 0 atom stereocenters. The number of nitrogens with two attached hydrogens (primary N) is 2. The number of benzene rings is 2. The van der Waals surface area contributed by atoms with Crippen molar-refractivity contribution in [3.63, 3.8) is 0 Å². The summed E-state index contributed by atoms with van der Waals surface area (Å²) in [4.78, 5) is 45.2. The highest BCUT2D eigenvalue weighted by Crippen LogP contribution is 2.42. The van der Waals surface area contributed by atoms with Crippen LogP contribution in [0.25, 0.3) is 0 Å². The van der Waals surface area contributed by atoms with Crippen molar-refractivity contribution in [3.8, 4) is 0 Å². The first-order chi connectivity index (χ1) is 24.4. The number of ketones is 1. The molecule has 0 saturated carbocycles. The Hall–Kier alpha value is -3.87. The van der Waals surface area contributed by atoms with Crippen LogP contribution in [0.4, 0.5) is 49.1 Å². The van der Waals surface area contributed by atoms with Gasteiger partial charge >= 0.3 is 12.4 Å². The van der Waals surface area contributed by atoms with Gasteiger partial charge in [0.2, 0.25) is 0 Å². The summed E-state index contributed by atoms with van der Waals surface area (Å²) >= 11 is 0. The van der Waals surface area contributed by atoms with Crippen LogP contribution in [0.15, 0.2) is 24.3 Å². The Balaban J connectivity index is 2.83. The molecule has 0 saturated heterocycles. The standard InChI is InChI=1S/C34H51F6N8O4/c1-6-44(7-2)14-16-46(12-10-41)31-24(18-26(33(35,36)37)22-29(31)43(5)50)20-28(49)21-25-19-27(34(38,39)40)23-30(48(51)52)32(25)47(13-11-42)17-15-45(8-3)9-4/h18-19,22-23H,6-17,20-21,41-42H2,1-5H3/q+1. The Morgan fingerprint density at radius 3 is 1.33 bits per heavy atom. The van der Waals surface area contributed by atoms with Gasteiger partial charge in [-0.1, -0.05) is 27.7 Å². The van der Waals surface area contributed by atoms with Crippen LogP contribution in [-0.2, 0) is 30.0 Å². The van der Waals surface area contributed by atoms with E-state index in [1.54, 1.807) is 4.90 Å². The van der Waals surface area contributed by atoms with E-state index in [2.05, 4.69) is 4.90 Å². The van der Waals surface area contributed by atoms with Crippen molar-refractivity contribution >= 4 is 28.5 Å². The van der Waals surface area contributed by atoms with E-state index < -0.39 is 52.7 Å². The molecule has 292 valence electrons. The van der Waals surface area contributed by atoms with Crippen LogP contribution in [0.2, 0.25) is 0 Å². The zero-order chi connectivity index (χ0) is 39.4. The number of likely N-dealkylation sites (N-methyl/N-ethyl adjacent to an activating group) is 2. The molecule has 52 heavy (non-hydrogen) atoms. The average Bonchev–Trinajstić information content (AvgIpc) is 3.06. The van der Waals surface area contributed by atoms with E-state index >= 15 is 0 Å². The number of nitrogens with zero attached hydrogens (tertiary/aromatic N) is 6. The van der Waals surface area contributed by atoms with Crippen LogP contribution in [-0.4, -0.2) is 111 Å².